The molecule has 0 fully saturated rings. The molecular formula is C13H18N2OS2. The second-order valence-corrected chi connectivity index (χ2v) is 6.22. The molecule has 0 amide bonds. The van der Waals surface area contributed by atoms with Crippen molar-refractivity contribution in [2.24, 2.45) is 0 Å². The van der Waals surface area contributed by atoms with E-state index in [9.17, 15) is 0 Å². The maximum atomic E-state index is 5.51. The second kappa shape index (κ2) is 6.41. The monoisotopic (exact) mass is 282 g/mol. The highest BCUT2D eigenvalue weighted by atomic mass is 32.2. The van der Waals surface area contributed by atoms with E-state index in [1.165, 1.54) is 10.4 Å². The number of aryl methyl sites for hydroxylation is 3. The number of nitrogens with one attached hydrogen (secondary N) is 1. The Hall–Kier alpha value is -0.780. The van der Waals surface area contributed by atoms with Crippen molar-refractivity contribution >= 4 is 23.1 Å². The molecule has 0 aliphatic heterocycles. The first kappa shape index (κ1) is 13.6. The van der Waals surface area contributed by atoms with Crippen LogP contribution in [0.4, 0.5) is 0 Å². The van der Waals surface area contributed by atoms with Gasteiger partial charge in [-0.05, 0) is 37.8 Å². The van der Waals surface area contributed by atoms with Gasteiger partial charge in [0.05, 0.1) is 5.69 Å². The molecule has 2 aromatic heterocycles. The lowest BCUT2D eigenvalue weighted by atomic mass is 10.3. The van der Waals surface area contributed by atoms with Gasteiger partial charge in [-0.3, -0.25) is 0 Å². The van der Waals surface area contributed by atoms with Gasteiger partial charge in [-0.15, -0.1) is 11.3 Å². The molecule has 0 spiro atoms. The summed E-state index contributed by atoms with van der Waals surface area (Å²) in [5.41, 5.74) is 2.36. The number of nitrogens with zero attached hydrogens (tertiary/aromatic N) is 1. The van der Waals surface area contributed by atoms with Gasteiger partial charge >= 0.3 is 0 Å². The average molecular weight is 282 g/mol. The highest BCUT2D eigenvalue weighted by Crippen LogP contribution is 2.19. The summed E-state index contributed by atoms with van der Waals surface area (Å²) in [6.45, 7) is 7.99. The lowest BCUT2D eigenvalue weighted by Gasteiger charge is -2.02. The Morgan fingerprint density at radius 1 is 1.39 bits per heavy atom. The largest absolute Gasteiger partial charge is 0.437 e. The minimum Gasteiger partial charge on any atom is -0.437 e. The normalized spacial score (nSPS) is 11.1. The molecule has 1 N–H and O–H groups in total. The standard InChI is InChI=1S/C13H18N2OS2/c1-9-4-6-17-12(9)8-14-5-7-18-13-15-10(2)11(3)16-13/h4,6,14H,5,7-8H2,1-3H3. The van der Waals surface area contributed by atoms with Crippen LogP contribution in [0.5, 0.6) is 0 Å². The Kier molecular flexibility index (Phi) is 4.86. The van der Waals surface area contributed by atoms with Gasteiger partial charge in [0.25, 0.3) is 5.22 Å². The first-order valence-corrected chi connectivity index (χ1v) is 7.84. The molecule has 0 atom stereocenters. The van der Waals surface area contributed by atoms with Crippen LogP contribution < -0.4 is 5.32 Å². The molecule has 0 bridgehead atoms. The van der Waals surface area contributed by atoms with Crippen LogP contribution in [0.2, 0.25) is 0 Å². The SMILES string of the molecule is Cc1ccsc1CNCCSc1nc(C)c(C)o1. The maximum absolute atomic E-state index is 5.51. The van der Waals surface area contributed by atoms with Crippen LogP contribution in [-0.4, -0.2) is 17.3 Å². The van der Waals surface area contributed by atoms with Gasteiger partial charge in [0.2, 0.25) is 0 Å². The van der Waals surface area contributed by atoms with Crippen LogP contribution >= 0.6 is 23.1 Å². The topological polar surface area (TPSA) is 38.1 Å². The minimum absolute atomic E-state index is 0.777. The van der Waals surface area contributed by atoms with E-state index in [4.69, 9.17) is 4.42 Å². The molecule has 0 aromatic carbocycles. The highest BCUT2D eigenvalue weighted by molar-refractivity contribution is 7.99. The third-order valence-corrected chi connectivity index (χ3v) is 4.62. The molecule has 2 rings (SSSR count). The van der Waals surface area contributed by atoms with Gasteiger partial charge in [0.1, 0.15) is 5.76 Å². The molecule has 0 unspecified atom stereocenters. The van der Waals surface area contributed by atoms with Crippen molar-refractivity contribution in [1.82, 2.24) is 10.3 Å². The maximum Gasteiger partial charge on any atom is 0.256 e. The molecular weight excluding hydrogens is 264 g/mol. The number of rotatable bonds is 6. The van der Waals surface area contributed by atoms with Gasteiger partial charge in [-0.1, -0.05) is 11.8 Å². The van der Waals surface area contributed by atoms with E-state index in [2.05, 4.69) is 28.7 Å². The summed E-state index contributed by atoms with van der Waals surface area (Å²) in [7, 11) is 0. The van der Waals surface area contributed by atoms with Crippen LogP contribution in [0.25, 0.3) is 0 Å². The van der Waals surface area contributed by atoms with E-state index in [-0.39, 0.29) is 0 Å². The fourth-order valence-corrected chi connectivity index (χ4v) is 3.18. The van der Waals surface area contributed by atoms with E-state index in [0.717, 1.165) is 35.5 Å². The third kappa shape index (κ3) is 3.60. The number of aromatic nitrogens is 1. The summed E-state index contributed by atoms with van der Waals surface area (Å²) >= 11 is 3.47. The summed E-state index contributed by atoms with van der Waals surface area (Å²) in [5, 5.41) is 6.36. The molecule has 0 saturated heterocycles. The second-order valence-electron chi connectivity index (χ2n) is 4.17. The highest BCUT2D eigenvalue weighted by Gasteiger charge is 2.05. The summed E-state index contributed by atoms with van der Waals surface area (Å²) in [5.74, 6) is 1.89. The Morgan fingerprint density at radius 2 is 2.22 bits per heavy atom. The summed E-state index contributed by atoms with van der Waals surface area (Å²) < 4.78 is 5.51. The van der Waals surface area contributed by atoms with Gasteiger partial charge in [0, 0.05) is 23.7 Å². The van der Waals surface area contributed by atoms with Crippen molar-refractivity contribution < 1.29 is 4.42 Å². The Bertz CT molecular complexity index is 485. The lowest BCUT2D eigenvalue weighted by molar-refractivity contribution is 0.431. The quantitative estimate of drug-likeness (QED) is 0.649. The molecule has 98 valence electrons. The van der Waals surface area contributed by atoms with Gasteiger partial charge in [-0.25, -0.2) is 4.98 Å². The summed E-state index contributed by atoms with van der Waals surface area (Å²) in [6, 6.07) is 2.16. The van der Waals surface area contributed by atoms with E-state index >= 15 is 0 Å². The van der Waals surface area contributed by atoms with E-state index in [1.807, 2.05) is 25.2 Å². The Labute approximate surface area is 116 Å². The molecule has 18 heavy (non-hydrogen) atoms. The first-order chi connectivity index (χ1) is 8.66. The molecule has 0 saturated carbocycles. The lowest BCUT2D eigenvalue weighted by Crippen LogP contribution is -2.16. The summed E-state index contributed by atoms with van der Waals surface area (Å²) in [4.78, 5) is 5.76. The number of thioether (sulfide) groups is 1. The van der Waals surface area contributed by atoms with Crippen molar-refractivity contribution in [1.29, 1.82) is 0 Å². The number of hydrogen-bond acceptors (Lipinski definition) is 5. The number of oxazole rings is 1. The van der Waals surface area contributed by atoms with Crippen LogP contribution in [0.1, 0.15) is 21.9 Å². The predicted molar refractivity (Wildman–Crippen MR) is 77.5 cm³/mol. The molecule has 0 aliphatic carbocycles. The van der Waals surface area contributed by atoms with Crippen LogP contribution in [0.3, 0.4) is 0 Å². The minimum atomic E-state index is 0.777. The predicted octanol–water partition coefficient (Wildman–Crippen LogP) is 3.54. The van der Waals surface area contributed by atoms with Crippen LogP contribution in [0.15, 0.2) is 21.1 Å². The van der Waals surface area contributed by atoms with Gasteiger partial charge < -0.3 is 9.73 Å². The van der Waals surface area contributed by atoms with Gasteiger partial charge in [0.15, 0.2) is 0 Å². The average Bonchev–Trinajstić information content (AvgIpc) is 2.87. The zero-order valence-electron chi connectivity index (χ0n) is 10.9. The summed E-state index contributed by atoms with van der Waals surface area (Å²) in [6.07, 6.45) is 0. The number of thiophene rings is 1. The van der Waals surface area contributed by atoms with Crippen LogP contribution in [0, 0.1) is 20.8 Å². The fourth-order valence-electron chi connectivity index (χ4n) is 1.50. The van der Waals surface area contributed by atoms with Crippen molar-refractivity contribution in [3.63, 3.8) is 0 Å². The zero-order chi connectivity index (χ0) is 13.0. The molecule has 5 heteroatoms. The molecule has 2 heterocycles. The Balaban J connectivity index is 1.66. The van der Waals surface area contributed by atoms with Crippen molar-refractivity contribution in [3.8, 4) is 0 Å². The molecule has 0 aliphatic rings. The molecule has 2 aromatic rings. The van der Waals surface area contributed by atoms with Crippen molar-refractivity contribution in [3.05, 3.63) is 33.3 Å². The molecule has 3 nitrogen and oxygen atoms in total. The smallest absolute Gasteiger partial charge is 0.256 e. The van der Waals surface area contributed by atoms with E-state index < -0.39 is 0 Å². The third-order valence-electron chi connectivity index (χ3n) is 2.77. The van der Waals surface area contributed by atoms with Crippen molar-refractivity contribution in [2.45, 2.75) is 32.5 Å². The van der Waals surface area contributed by atoms with Gasteiger partial charge in [-0.2, -0.15) is 0 Å². The fraction of sp³-hybridized carbons (Fsp3) is 0.462. The first-order valence-electron chi connectivity index (χ1n) is 5.97. The number of hydrogen-bond donors (Lipinski definition) is 1. The van der Waals surface area contributed by atoms with E-state index in [0.29, 0.717) is 0 Å². The van der Waals surface area contributed by atoms with E-state index in [1.54, 1.807) is 11.8 Å². The Morgan fingerprint density at radius 3 is 2.83 bits per heavy atom. The van der Waals surface area contributed by atoms with Crippen LogP contribution in [-0.2, 0) is 6.54 Å². The molecule has 0 radical (unpaired) electrons. The van der Waals surface area contributed by atoms with Crippen molar-refractivity contribution in [2.75, 3.05) is 12.3 Å². The zero-order valence-corrected chi connectivity index (χ0v) is 12.6.